The van der Waals surface area contributed by atoms with Gasteiger partial charge in [-0.1, -0.05) is 12.1 Å². The predicted octanol–water partition coefficient (Wildman–Crippen LogP) is 3.04. The number of aryl methyl sites for hydroxylation is 1. The molecule has 10 nitrogen and oxygen atoms in total. The number of carbonyl (C=O) groups excluding carboxylic acids is 3. The Hall–Kier alpha value is -4.05. The number of pyridine rings is 2. The Bertz CT molecular complexity index is 1300. The molecule has 4 heterocycles. The number of fused-ring (bicyclic) bond motifs is 1. The van der Waals surface area contributed by atoms with Gasteiger partial charge in [0.05, 0.1) is 36.5 Å². The van der Waals surface area contributed by atoms with Gasteiger partial charge in [0.25, 0.3) is 0 Å². The van der Waals surface area contributed by atoms with E-state index in [0.29, 0.717) is 31.7 Å². The minimum absolute atomic E-state index is 0.0800. The van der Waals surface area contributed by atoms with Crippen molar-refractivity contribution in [2.75, 3.05) is 36.5 Å². The number of piperidine rings is 1. The Balaban J connectivity index is 1.20. The minimum Gasteiger partial charge on any atom is -0.444 e. The number of carbonyl (C=O) groups is 3. The Morgan fingerprint density at radius 3 is 2.78 bits per heavy atom. The molecule has 2 aliphatic rings. The SMILES string of the molecule is Cc1nc2cc(COC(=O)Nc3ccc(N4CCOCC4)nc3)ccc2cc1C1CCC(=O)NC1=O. The molecule has 0 aliphatic carbocycles. The number of rotatable bonds is 5. The van der Waals surface area contributed by atoms with Gasteiger partial charge in [0.1, 0.15) is 12.4 Å². The van der Waals surface area contributed by atoms with Gasteiger partial charge in [-0.05, 0) is 48.7 Å². The van der Waals surface area contributed by atoms with Gasteiger partial charge in [-0.25, -0.2) is 9.78 Å². The number of imide groups is 1. The average molecular weight is 490 g/mol. The lowest BCUT2D eigenvalue weighted by Crippen LogP contribution is -2.39. The van der Waals surface area contributed by atoms with Crippen LogP contribution in [0, 0.1) is 6.92 Å². The highest BCUT2D eigenvalue weighted by Crippen LogP contribution is 2.29. The fourth-order valence-corrected chi connectivity index (χ4v) is 4.50. The Morgan fingerprint density at radius 2 is 2.03 bits per heavy atom. The molecule has 1 aromatic carbocycles. The summed E-state index contributed by atoms with van der Waals surface area (Å²) in [5, 5.41) is 5.97. The second-order valence-corrected chi connectivity index (χ2v) is 8.90. The molecular weight excluding hydrogens is 462 g/mol. The van der Waals surface area contributed by atoms with Gasteiger partial charge in [-0.3, -0.25) is 25.2 Å². The van der Waals surface area contributed by atoms with E-state index in [1.807, 2.05) is 37.3 Å². The summed E-state index contributed by atoms with van der Waals surface area (Å²) in [6.07, 6.45) is 1.83. The average Bonchev–Trinajstić information content (AvgIpc) is 2.88. The molecule has 3 amide bonds. The number of anilines is 2. The summed E-state index contributed by atoms with van der Waals surface area (Å²) < 4.78 is 10.7. The number of benzene rings is 1. The van der Waals surface area contributed by atoms with Crippen LogP contribution in [-0.2, 0) is 25.7 Å². The highest BCUT2D eigenvalue weighted by Gasteiger charge is 2.29. The highest BCUT2D eigenvalue weighted by atomic mass is 16.5. The van der Waals surface area contributed by atoms with Crippen LogP contribution in [0.4, 0.5) is 16.3 Å². The van der Waals surface area contributed by atoms with E-state index in [4.69, 9.17) is 9.47 Å². The van der Waals surface area contributed by atoms with Gasteiger partial charge in [0.15, 0.2) is 0 Å². The van der Waals surface area contributed by atoms with E-state index in [1.165, 1.54) is 0 Å². The van der Waals surface area contributed by atoms with Gasteiger partial charge < -0.3 is 14.4 Å². The molecule has 1 atom stereocenters. The van der Waals surface area contributed by atoms with Crippen LogP contribution in [0.1, 0.15) is 35.6 Å². The van der Waals surface area contributed by atoms with Crippen molar-refractivity contribution in [3.63, 3.8) is 0 Å². The molecule has 0 bridgehead atoms. The largest absolute Gasteiger partial charge is 0.444 e. The zero-order valence-electron chi connectivity index (χ0n) is 20.0. The Kier molecular flexibility index (Phi) is 6.77. The van der Waals surface area contributed by atoms with Crippen LogP contribution in [0.3, 0.4) is 0 Å². The lowest BCUT2D eigenvalue weighted by atomic mass is 9.89. The normalized spacial score (nSPS) is 18.1. The van der Waals surface area contributed by atoms with E-state index < -0.39 is 6.09 Å². The zero-order chi connectivity index (χ0) is 25.1. The maximum atomic E-state index is 12.3. The summed E-state index contributed by atoms with van der Waals surface area (Å²) in [7, 11) is 0. The second-order valence-electron chi connectivity index (χ2n) is 8.90. The molecule has 1 unspecified atom stereocenters. The second kappa shape index (κ2) is 10.3. The van der Waals surface area contributed by atoms with Crippen molar-refractivity contribution in [1.82, 2.24) is 15.3 Å². The third-order valence-electron chi connectivity index (χ3n) is 6.43. The molecule has 2 aromatic heterocycles. The van der Waals surface area contributed by atoms with Crippen LogP contribution in [0.2, 0.25) is 0 Å². The van der Waals surface area contributed by atoms with E-state index in [2.05, 4.69) is 25.5 Å². The molecule has 186 valence electrons. The maximum Gasteiger partial charge on any atom is 0.412 e. The van der Waals surface area contributed by atoms with E-state index >= 15 is 0 Å². The molecule has 0 spiro atoms. The molecule has 10 heteroatoms. The number of ether oxygens (including phenoxy) is 2. The summed E-state index contributed by atoms with van der Waals surface area (Å²) in [6, 6.07) is 11.2. The molecule has 5 rings (SSSR count). The van der Waals surface area contributed by atoms with E-state index in [0.717, 1.165) is 46.6 Å². The van der Waals surface area contributed by atoms with Crippen LogP contribution in [0.5, 0.6) is 0 Å². The lowest BCUT2D eigenvalue weighted by molar-refractivity contribution is -0.134. The highest BCUT2D eigenvalue weighted by molar-refractivity contribution is 6.01. The fraction of sp³-hybridized carbons (Fsp3) is 0.346. The number of nitrogens with zero attached hydrogens (tertiary/aromatic N) is 3. The maximum absolute atomic E-state index is 12.3. The zero-order valence-corrected chi connectivity index (χ0v) is 20.0. The quantitative estimate of drug-likeness (QED) is 0.525. The molecule has 0 radical (unpaired) electrons. The van der Waals surface area contributed by atoms with Crippen LogP contribution >= 0.6 is 0 Å². The number of nitrogens with one attached hydrogen (secondary N) is 2. The van der Waals surface area contributed by atoms with Crippen molar-refractivity contribution >= 4 is 40.3 Å². The molecule has 2 N–H and O–H groups in total. The molecule has 36 heavy (non-hydrogen) atoms. The van der Waals surface area contributed by atoms with Crippen molar-refractivity contribution in [2.45, 2.75) is 32.3 Å². The summed E-state index contributed by atoms with van der Waals surface area (Å²) in [5.41, 5.74) is 3.64. The summed E-state index contributed by atoms with van der Waals surface area (Å²) >= 11 is 0. The van der Waals surface area contributed by atoms with Gasteiger partial charge in [0.2, 0.25) is 11.8 Å². The van der Waals surface area contributed by atoms with E-state index in [-0.39, 0.29) is 24.3 Å². The van der Waals surface area contributed by atoms with Gasteiger partial charge >= 0.3 is 6.09 Å². The predicted molar refractivity (Wildman–Crippen MR) is 133 cm³/mol. The van der Waals surface area contributed by atoms with Crippen molar-refractivity contribution in [1.29, 1.82) is 0 Å². The molecule has 2 fully saturated rings. The first-order chi connectivity index (χ1) is 17.5. The third-order valence-corrected chi connectivity index (χ3v) is 6.43. The molecule has 0 saturated carbocycles. The fourth-order valence-electron chi connectivity index (χ4n) is 4.50. The lowest BCUT2D eigenvalue weighted by Gasteiger charge is -2.27. The summed E-state index contributed by atoms with van der Waals surface area (Å²) in [6.45, 7) is 4.88. The summed E-state index contributed by atoms with van der Waals surface area (Å²) in [4.78, 5) is 47.3. The monoisotopic (exact) mass is 489 g/mol. The van der Waals surface area contributed by atoms with Crippen LogP contribution in [0.25, 0.3) is 10.9 Å². The van der Waals surface area contributed by atoms with Crippen molar-refractivity contribution in [2.24, 2.45) is 0 Å². The molecular formula is C26H27N5O5. The smallest absolute Gasteiger partial charge is 0.412 e. The van der Waals surface area contributed by atoms with E-state index in [9.17, 15) is 14.4 Å². The molecule has 2 aliphatic heterocycles. The van der Waals surface area contributed by atoms with Crippen LogP contribution in [0.15, 0.2) is 42.6 Å². The van der Waals surface area contributed by atoms with Gasteiger partial charge in [-0.2, -0.15) is 0 Å². The first-order valence-electron chi connectivity index (χ1n) is 11.9. The standard InChI is InChI=1S/C26H27N5O5/c1-16-21(20-5-7-24(32)30-25(20)33)13-18-3-2-17(12-22(18)28-16)15-36-26(34)29-19-4-6-23(27-14-19)31-8-10-35-11-9-31/h2-4,6,12-14,20H,5,7-11,15H2,1H3,(H,29,34)(H,30,32,33). The first-order valence-corrected chi connectivity index (χ1v) is 11.9. The number of hydrogen-bond donors (Lipinski definition) is 2. The number of morpholine rings is 1. The minimum atomic E-state index is -0.576. The first kappa shape index (κ1) is 23.7. The van der Waals surface area contributed by atoms with Crippen LogP contribution < -0.4 is 15.5 Å². The third kappa shape index (κ3) is 5.28. The van der Waals surface area contributed by atoms with Gasteiger partial charge in [0, 0.05) is 30.6 Å². The Labute approximate surface area is 208 Å². The topological polar surface area (TPSA) is 123 Å². The number of amides is 3. The number of aromatic nitrogens is 2. The Morgan fingerprint density at radius 1 is 1.19 bits per heavy atom. The van der Waals surface area contributed by atoms with Gasteiger partial charge in [-0.15, -0.1) is 0 Å². The number of hydrogen-bond acceptors (Lipinski definition) is 8. The van der Waals surface area contributed by atoms with Crippen molar-refractivity contribution in [3.8, 4) is 0 Å². The van der Waals surface area contributed by atoms with Crippen LogP contribution in [-0.4, -0.2) is 54.2 Å². The van der Waals surface area contributed by atoms with Crippen molar-refractivity contribution < 1.29 is 23.9 Å². The van der Waals surface area contributed by atoms with E-state index in [1.54, 1.807) is 12.3 Å². The summed E-state index contributed by atoms with van der Waals surface area (Å²) in [5.74, 6) is -0.0595. The van der Waals surface area contributed by atoms with Crippen molar-refractivity contribution in [3.05, 3.63) is 59.4 Å². The molecule has 3 aromatic rings. The molecule has 2 saturated heterocycles.